The summed E-state index contributed by atoms with van der Waals surface area (Å²) in [5.74, 6) is 0.898. The fraction of sp³-hybridized carbons (Fsp3) is 0.625. The molecule has 2 aromatic rings. The van der Waals surface area contributed by atoms with Crippen LogP contribution in [0.2, 0.25) is 14.8 Å². The summed E-state index contributed by atoms with van der Waals surface area (Å²) >= 11 is -2.23. The Balaban J connectivity index is 1.51. The molecule has 0 radical (unpaired) electrons. The van der Waals surface area contributed by atoms with Crippen molar-refractivity contribution in [2.45, 2.75) is 78.7 Å². The third-order valence-corrected chi connectivity index (χ3v) is 11.4. The van der Waals surface area contributed by atoms with Crippen molar-refractivity contribution in [2.75, 3.05) is 18.0 Å². The van der Waals surface area contributed by atoms with E-state index in [0.29, 0.717) is 19.4 Å². The van der Waals surface area contributed by atoms with Gasteiger partial charge in [-0.1, -0.05) is 0 Å². The van der Waals surface area contributed by atoms with Crippen LogP contribution >= 0.6 is 0 Å². The first-order chi connectivity index (χ1) is 14.9. The van der Waals surface area contributed by atoms with Gasteiger partial charge in [0.25, 0.3) is 0 Å². The van der Waals surface area contributed by atoms with Crippen LogP contribution < -0.4 is 8.61 Å². The Kier molecular flexibility index (Phi) is 6.33. The number of rotatable bonds is 4. The number of alkyl halides is 1. The van der Waals surface area contributed by atoms with Gasteiger partial charge in [0.1, 0.15) is 11.8 Å². The average molecular weight is 549 g/mol. The molecule has 0 spiro atoms. The number of ether oxygens (including phenoxy) is 1. The number of fused-ring (bicyclic) bond motifs is 1. The minimum absolute atomic E-state index is 0.00434. The van der Waals surface area contributed by atoms with Crippen molar-refractivity contribution in [1.82, 2.24) is 14.9 Å². The fourth-order valence-electron chi connectivity index (χ4n) is 4.43. The molecule has 174 valence electrons. The first kappa shape index (κ1) is 23.5. The topological polar surface area (TPSA) is 58.6 Å². The molecule has 1 aliphatic carbocycles. The van der Waals surface area contributed by atoms with Crippen LogP contribution in [0.25, 0.3) is 11.0 Å². The van der Waals surface area contributed by atoms with Crippen molar-refractivity contribution in [1.29, 1.82) is 0 Å². The molecule has 3 heterocycles. The normalized spacial score (nSPS) is 23.8. The van der Waals surface area contributed by atoms with Crippen molar-refractivity contribution in [3.05, 3.63) is 24.3 Å². The first-order valence-electron chi connectivity index (χ1n) is 11.6. The van der Waals surface area contributed by atoms with Crippen molar-refractivity contribution in [3.8, 4) is 0 Å². The summed E-state index contributed by atoms with van der Waals surface area (Å²) in [4.78, 5) is 33.8. The van der Waals surface area contributed by atoms with Gasteiger partial charge in [-0.2, -0.15) is 0 Å². The summed E-state index contributed by atoms with van der Waals surface area (Å²) in [5, 5.41) is 0. The van der Waals surface area contributed by atoms with E-state index >= 15 is 0 Å². The summed E-state index contributed by atoms with van der Waals surface area (Å²) < 4.78 is 20.5. The Morgan fingerprint density at radius 2 is 1.75 bits per heavy atom. The summed E-state index contributed by atoms with van der Waals surface area (Å²) in [6.07, 6.45) is 0.466. The molecule has 0 unspecified atom stereocenters. The predicted octanol–water partition coefficient (Wildman–Crippen LogP) is 4.49. The third-order valence-electron chi connectivity index (χ3n) is 6.23. The van der Waals surface area contributed by atoms with Crippen LogP contribution in [0.1, 0.15) is 40.0 Å². The van der Waals surface area contributed by atoms with E-state index in [1.54, 1.807) is 4.90 Å². The Labute approximate surface area is 194 Å². The molecule has 32 heavy (non-hydrogen) atoms. The second-order valence-corrected chi connectivity index (χ2v) is 25.5. The molecule has 0 bridgehead atoms. The number of carbonyl (C=O) groups excluding carboxylic acids is 1. The van der Waals surface area contributed by atoms with Gasteiger partial charge in [-0.3, -0.25) is 0 Å². The van der Waals surface area contributed by atoms with Gasteiger partial charge in [0.05, 0.1) is 0 Å². The summed E-state index contributed by atoms with van der Waals surface area (Å²) in [5.41, 5.74) is 1.26. The molecule has 0 N–H and O–H groups in total. The van der Waals surface area contributed by atoms with Gasteiger partial charge in [0, 0.05) is 0 Å². The van der Waals surface area contributed by atoms with E-state index in [9.17, 15) is 9.18 Å². The number of nitrogens with zero attached hydrogens (tertiary/aromatic N) is 4. The number of amides is 1. The van der Waals surface area contributed by atoms with Gasteiger partial charge in [-0.15, -0.1) is 0 Å². The van der Waals surface area contributed by atoms with E-state index in [0.717, 1.165) is 29.8 Å². The van der Waals surface area contributed by atoms with E-state index in [2.05, 4.69) is 37.9 Å². The molecule has 1 atom stereocenters. The zero-order valence-electron chi connectivity index (χ0n) is 20.1. The summed E-state index contributed by atoms with van der Waals surface area (Å²) in [6.45, 7) is 7.08. The van der Waals surface area contributed by atoms with E-state index in [1.807, 2.05) is 26.8 Å². The minimum atomic E-state index is -2.23. The van der Waals surface area contributed by atoms with Crippen LogP contribution in [0, 0.1) is 0 Å². The molecule has 2 fully saturated rings. The molecule has 1 amide bonds. The Bertz CT molecular complexity index is 998. The zero-order valence-corrected chi connectivity index (χ0v) is 22.9. The molecule has 2 aromatic heterocycles. The Hall–Kier alpha value is -1.64. The molecular formula is C24H35FN4O2Sn. The predicted molar refractivity (Wildman–Crippen MR) is 129 cm³/mol. The Morgan fingerprint density at radius 3 is 2.38 bits per heavy atom. The van der Waals surface area contributed by atoms with Crippen LogP contribution in [0.4, 0.5) is 15.0 Å². The van der Waals surface area contributed by atoms with Gasteiger partial charge >= 0.3 is 158 Å². The van der Waals surface area contributed by atoms with Crippen molar-refractivity contribution >= 4 is 45.0 Å². The molecule has 6 nitrogen and oxygen atoms in total. The maximum absolute atomic E-state index is 13.6. The number of pyridine rings is 2. The van der Waals surface area contributed by atoms with E-state index in [4.69, 9.17) is 14.7 Å². The summed E-state index contributed by atoms with van der Waals surface area (Å²) in [7, 11) is 0. The van der Waals surface area contributed by atoms with Crippen LogP contribution in [0.15, 0.2) is 24.3 Å². The molecule has 1 aliphatic heterocycles. The maximum atomic E-state index is 13.6. The first-order valence-corrected chi connectivity index (χ1v) is 21.6. The molecule has 1 saturated heterocycles. The number of carbonyl (C=O) groups is 1. The van der Waals surface area contributed by atoms with Crippen molar-refractivity contribution < 1.29 is 13.9 Å². The molecule has 8 heteroatoms. The van der Waals surface area contributed by atoms with Gasteiger partial charge in [0.15, 0.2) is 0 Å². The van der Waals surface area contributed by atoms with Gasteiger partial charge in [-0.05, 0) is 20.8 Å². The van der Waals surface area contributed by atoms with Gasteiger partial charge in [-0.25, -0.2) is 4.39 Å². The number of halogens is 1. The number of hydrogen-bond donors (Lipinski definition) is 0. The molecule has 0 aromatic carbocycles. The second kappa shape index (κ2) is 8.61. The van der Waals surface area contributed by atoms with Crippen molar-refractivity contribution in [3.63, 3.8) is 0 Å². The number of anilines is 1. The quantitative estimate of drug-likeness (QED) is 0.527. The SMILES string of the molecule is CC(C)(C)OC(=O)N(C1CC(F)C1)[C@H]1CCN(c2ccc3n[c]([Sn]([CH3])([CH3])[CH3])ccc3n2)C1. The molecular weight excluding hydrogens is 514 g/mol. The van der Waals surface area contributed by atoms with E-state index in [1.165, 1.54) is 3.71 Å². The monoisotopic (exact) mass is 550 g/mol. The van der Waals surface area contributed by atoms with Crippen LogP contribution in [-0.2, 0) is 4.74 Å². The number of hydrogen-bond acceptors (Lipinski definition) is 5. The third kappa shape index (κ3) is 5.12. The van der Waals surface area contributed by atoms with Gasteiger partial charge in [0.2, 0.25) is 0 Å². The van der Waals surface area contributed by atoms with E-state index < -0.39 is 30.1 Å². The van der Waals surface area contributed by atoms with Crippen LogP contribution in [0.5, 0.6) is 0 Å². The Morgan fingerprint density at radius 1 is 1.09 bits per heavy atom. The van der Waals surface area contributed by atoms with Crippen LogP contribution in [0.3, 0.4) is 0 Å². The standard InChI is InChI=1S/C21H26FN4O2.3CH3.Sn/c1-21(2,3)28-20(27)26(16-11-14(22)12-16)15-8-10-25(13-15)19-7-6-17-18(24-19)5-4-9-23-17;;;;/h4-7,14-16H,8,10-13H2,1-3H3;3*1H3;/t14?,15-,16?;;;;/m0..../s1. The van der Waals surface area contributed by atoms with Crippen LogP contribution in [-0.4, -0.2) is 76.3 Å². The average Bonchev–Trinajstić information content (AvgIpc) is 3.13. The second-order valence-electron chi connectivity index (χ2n) is 11.2. The summed E-state index contributed by atoms with van der Waals surface area (Å²) in [6, 6.07) is 8.21. The zero-order chi connectivity index (χ0) is 23.3. The molecule has 4 rings (SSSR count). The van der Waals surface area contributed by atoms with E-state index in [-0.39, 0.29) is 18.2 Å². The molecule has 1 saturated carbocycles. The number of aromatic nitrogens is 2. The molecule has 2 aliphatic rings. The van der Waals surface area contributed by atoms with Crippen molar-refractivity contribution in [2.24, 2.45) is 0 Å². The fourth-order valence-corrected chi connectivity index (χ4v) is 7.40. The van der Waals surface area contributed by atoms with Gasteiger partial charge < -0.3 is 0 Å².